The molecular formula is C135H88N12O2S. The van der Waals surface area contributed by atoms with E-state index >= 15 is 0 Å². The zero-order chi connectivity index (χ0) is 99.6. The largest absolute Gasteiger partial charge is 0.456 e. The maximum Gasteiger partial charge on any atom is 0.238 e. The van der Waals surface area contributed by atoms with Crippen LogP contribution in [0.3, 0.4) is 0 Å². The molecule has 0 fully saturated rings. The van der Waals surface area contributed by atoms with E-state index in [2.05, 4.69) is 430 Å². The highest BCUT2D eigenvalue weighted by molar-refractivity contribution is 7.25. The molecule has 706 valence electrons. The molecule has 9 heterocycles. The molecule has 0 atom stereocenters. The van der Waals surface area contributed by atoms with E-state index in [1.807, 2.05) is 84.1 Å². The van der Waals surface area contributed by atoms with Crippen molar-refractivity contribution in [3.8, 4) is 142 Å². The van der Waals surface area contributed by atoms with Crippen LogP contribution in [0.15, 0.2) is 470 Å². The minimum Gasteiger partial charge on any atom is -0.456 e. The van der Waals surface area contributed by atoms with E-state index in [0.717, 1.165) is 160 Å². The fourth-order valence-corrected chi connectivity index (χ4v) is 24.1. The number of para-hydroxylation sites is 5. The topological polar surface area (TPSA) is 157 Å². The molecule has 9 aromatic heterocycles. The molecule has 15 heteroatoms. The van der Waals surface area contributed by atoms with E-state index in [9.17, 15) is 0 Å². The average molecular weight is 1940 g/mol. The van der Waals surface area contributed by atoms with Crippen LogP contribution in [-0.2, 0) is 10.8 Å². The fraction of sp³-hybridized carbons (Fsp3) is 0.0444. The van der Waals surface area contributed by atoms with Crippen molar-refractivity contribution in [2.45, 2.75) is 38.5 Å². The van der Waals surface area contributed by atoms with Gasteiger partial charge in [-0.25, -0.2) is 15.0 Å². The van der Waals surface area contributed by atoms with Crippen LogP contribution >= 0.6 is 11.3 Å². The molecule has 0 amide bonds. The van der Waals surface area contributed by atoms with Crippen LogP contribution in [0.5, 0.6) is 0 Å². The highest BCUT2D eigenvalue weighted by Crippen LogP contribution is 2.53. The number of thiophene rings is 1. The fourth-order valence-electron chi connectivity index (χ4n) is 23.0. The van der Waals surface area contributed by atoms with Crippen molar-refractivity contribution >= 4 is 141 Å². The zero-order valence-electron chi connectivity index (χ0n) is 82.0. The van der Waals surface area contributed by atoms with E-state index in [1.165, 1.54) is 81.0 Å². The molecule has 0 unspecified atom stereocenters. The van der Waals surface area contributed by atoms with E-state index in [1.54, 1.807) is 0 Å². The third kappa shape index (κ3) is 14.5. The lowest BCUT2D eigenvalue weighted by Crippen LogP contribution is -2.15. The third-order valence-corrected chi connectivity index (χ3v) is 31.6. The molecular weight excluding hydrogens is 1850 g/mol. The number of hydrogen-bond donors (Lipinski definition) is 0. The van der Waals surface area contributed by atoms with Gasteiger partial charge in [-0.3, -0.25) is 13.7 Å². The highest BCUT2D eigenvalue weighted by atomic mass is 32.1. The molecule has 0 spiro atoms. The summed E-state index contributed by atoms with van der Waals surface area (Å²) < 4.78 is 21.7. The van der Waals surface area contributed by atoms with Gasteiger partial charge in [0.25, 0.3) is 0 Å². The number of benzene rings is 20. The standard InChI is InChI=1S/C51H36N4S.C45H28N4O.C39H24N4O/c1-50(2)39-17-9-5-13-31(39)33-23-21-29(25-41(33)50)47-52-48(30-22-24-34-32-14-6-10-18-40(32)51(3,4)42(34)26-30)54-49(53-47)55-43-19-11-7-15-35(43)37-27-38-36-16-8-12-20-45(36)56-46(38)28-44(37)55;1-3-11-29(12-4-1)31-19-23-33(24-20-31)43-46-44(34-25-21-32(22-26-34)30-13-5-2-6-14-30)48-45(47-43)49-39-17-9-7-15-35(39)37-27-38-36-16-8-10-18-41(36)50-42(38)28-40(37)49;1-3-11-25(12-4-1)26-19-21-28(22-20-26)38-40-37(27-13-5-2-6-14-27)41-39(42-38)43-33-17-9-7-15-29(33)31-23-32-30-16-8-10-18-35(30)44-36(32)24-34(31)43/h5-28H,1-4H3;1-28H;1-24H. The van der Waals surface area contributed by atoms with Crippen LogP contribution < -0.4 is 0 Å². The van der Waals surface area contributed by atoms with Crippen molar-refractivity contribution in [2.24, 2.45) is 0 Å². The summed E-state index contributed by atoms with van der Waals surface area (Å²) in [7, 11) is 0. The second-order valence-electron chi connectivity index (χ2n) is 39.9. The summed E-state index contributed by atoms with van der Waals surface area (Å²) in [6.07, 6.45) is 0. The van der Waals surface area contributed by atoms with Crippen LogP contribution in [0.25, 0.3) is 271 Å². The second-order valence-corrected chi connectivity index (χ2v) is 40.9. The molecule has 150 heavy (non-hydrogen) atoms. The Balaban J connectivity index is 0.000000106. The maximum absolute atomic E-state index is 6.36. The average Bonchev–Trinajstić information content (AvgIpc) is 1.58. The molecule has 2 aliphatic carbocycles. The Labute approximate surface area is 865 Å². The van der Waals surface area contributed by atoms with E-state index in [-0.39, 0.29) is 10.8 Å². The lowest BCUT2D eigenvalue weighted by Gasteiger charge is -2.22. The van der Waals surface area contributed by atoms with Crippen LogP contribution in [-0.4, -0.2) is 58.6 Å². The molecule has 0 saturated carbocycles. The second kappa shape index (κ2) is 34.7. The van der Waals surface area contributed by atoms with Gasteiger partial charge in [-0.05, 0) is 151 Å². The summed E-state index contributed by atoms with van der Waals surface area (Å²) in [5.74, 6) is 5.49. The minimum absolute atomic E-state index is 0.149. The van der Waals surface area contributed by atoms with Gasteiger partial charge in [-0.1, -0.05) is 404 Å². The predicted molar refractivity (Wildman–Crippen MR) is 614 cm³/mol. The monoisotopic (exact) mass is 1940 g/mol. The number of aromatic nitrogens is 12. The van der Waals surface area contributed by atoms with Gasteiger partial charge in [0.15, 0.2) is 34.9 Å². The van der Waals surface area contributed by atoms with E-state index in [0.29, 0.717) is 52.8 Å². The van der Waals surface area contributed by atoms with Gasteiger partial charge in [0.2, 0.25) is 17.8 Å². The first-order valence-corrected chi connectivity index (χ1v) is 51.5. The van der Waals surface area contributed by atoms with Crippen LogP contribution in [0.2, 0.25) is 0 Å². The molecule has 0 N–H and O–H groups in total. The molecule has 0 radical (unpaired) electrons. The Morgan fingerprint density at radius 2 is 0.447 bits per heavy atom. The summed E-state index contributed by atoms with van der Waals surface area (Å²) in [6, 6.07) is 162. The number of fused-ring (bicyclic) bond motifs is 24. The Kier molecular flexibility index (Phi) is 20.2. The van der Waals surface area contributed by atoms with Gasteiger partial charge < -0.3 is 8.83 Å². The summed E-state index contributed by atoms with van der Waals surface area (Å²) >= 11 is 1.84. The van der Waals surface area contributed by atoms with Gasteiger partial charge in [0.05, 0.1) is 33.1 Å². The Morgan fingerprint density at radius 3 is 0.833 bits per heavy atom. The molecule has 0 bridgehead atoms. The van der Waals surface area contributed by atoms with Crippen LogP contribution in [0, 0.1) is 0 Å². The van der Waals surface area contributed by atoms with Crippen LogP contribution in [0.4, 0.5) is 0 Å². The molecule has 14 nitrogen and oxygen atoms in total. The van der Waals surface area contributed by atoms with Gasteiger partial charge in [0.1, 0.15) is 22.3 Å². The predicted octanol–water partition coefficient (Wildman–Crippen LogP) is 34.7. The quantitative estimate of drug-likeness (QED) is 0.115. The van der Waals surface area contributed by atoms with Gasteiger partial charge in [0, 0.05) is 130 Å². The number of nitrogens with zero attached hydrogens (tertiary/aromatic N) is 12. The van der Waals surface area contributed by atoms with E-state index < -0.39 is 0 Å². The summed E-state index contributed by atoms with van der Waals surface area (Å²) in [4.78, 5) is 46.7. The SMILES string of the molecule is CC1(C)c2ccccc2-c2ccc(-c3nc(-c4ccc5c(c4)C(C)(C)c4ccccc4-5)nc(-n4c5ccccc5c5cc6c(cc54)sc4ccccc46)n3)cc21.c1ccc(-c2ccc(-c3nc(-c4ccc(-c5ccccc5)cc4)nc(-n4c5ccccc5c5cc6c(cc54)oc4ccccc46)n3)cc2)cc1.c1ccc(-c2ccc(-c3nc(-c4ccccc4)nc(-n4c5ccccc5c5cc6c(cc54)oc4ccccc46)n3)cc2)cc1. The zero-order valence-corrected chi connectivity index (χ0v) is 82.8. The number of furan rings is 2. The first kappa shape index (κ1) is 87.3. The first-order chi connectivity index (χ1) is 73.8. The minimum atomic E-state index is -0.149. The van der Waals surface area contributed by atoms with Crippen LogP contribution in [0.1, 0.15) is 49.9 Å². The molecule has 20 aromatic carbocycles. The van der Waals surface area contributed by atoms with Gasteiger partial charge in [-0.15, -0.1) is 11.3 Å². The number of hydrogen-bond acceptors (Lipinski definition) is 12. The molecule has 0 aliphatic heterocycles. The van der Waals surface area contributed by atoms with Crippen molar-refractivity contribution in [3.05, 3.63) is 483 Å². The maximum atomic E-state index is 6.36. The van der Waals surface area contributed by atoms with Crippen molar-refractivity contribution in [1.29, 1.82) is 0 Å². The smallest absolute Gasteiger partial charge is 0.238 e. The van der Waals surface area contributed by atoms with Crippen molar-refractivity contribution in [3.63, 3.8) is 0 Å². The van der Waals surface area contributed by atoms with E-state index in [4.69, 9.17) is 53.7 Å². The molecule has 2 aliphatic rings. The highest BCUT2D eigenvalue weighted by Gasteiger charge is 2.38. The van der Waals surface area contributed by atoms with Crippen molar-refractivity contribution in [2.75, 3.05) is 0 Å². The van der Waals surface area contributed by atoms with Crippen molar-refractivity contribution < 1.29 is 8.83 Å². The molecule has 31 rings (SSSR count). The van der Waals surface area contributed by atoms with Crippen molar-refractivity contribution in [1.82, 2.24) is 58.6 Å². The Bertz CT molecular complexity index is 10300. The molecule has 0 saturated heterocycles. The van der Waals surface area contributed by atoms with Gasteiger partial charge in [-0.2, -0.15) is 29.9 Å². The number of rotatable bonds is 12. The summed E-state index contributed by atoms with van der Waals surface area (Å²) in [5.41, 5.74) is 32.2. The first-order valence-electron chi connectivity index (χ1n) is 50.7. The lowest BCUT2D eigenvalue weighted by molar-refractivity contribution is 0.660. The Hall–Kier alpha value is -19.4. The lowest BCUT2D eigenvalue weighted by atomic mass is 9.82. The Morgan fingerprint density at radius 1 is 0.173 bits per heavy atom. The normalized spacial score (nSPS) is 12.8. The third-order valence-electron chi connectivity index (χ3n) is 30.5. The van der Waals surface area contributed by atoms with Gasteiger partial charge >= 0.3 is 0 Å². The molecule has 29 aromatic rings. The summed E-state index contributed by atoms with van der Waals surface area (Å²) in [5, 5.41) is 13.8. The summed E-state index contributed by atoms with van der Waals surface area (Å²) in [6.45, 7) is 9.29.